The van der Waals surface area contributed by atoms with Crippen molar-refractivity contribution in [1.82, 2.24) is 10.2 Å². The molecule has 0 rings (SSSR count). The maximum atomic E-state index is 11.7. The number of esters is 1. The number of carbonyl (C=O) groups excluding carboxylic acids is 2. The zero-order valence-corrected chi connectivity index (χ0v) is 11.3. The van der Waals surface area contributed by atoms with E-state index in [0.29, 0.717) is 0 Å². The van der Waals surface area contributed by atoms with E-state index in [4.69, 9.17) is 10.2 Å². The number of carboxylic acid groups (broad SMARTS) is 1. The second kappa shape index (κ2) is 8.30. The van der Waals surface area contributed by atoms with Crippen LogP contribution >= 0.6 is 0 Å². The molecule has 0 saturated carbocycles. The first-order valence-corrected chi connectivity index (χ1v) is 5.77. The molecule has 2 amide bonds. The quantitative estimate of drug-likeness (QED) is 0.535. The molecule has 2 atom stereocenters. The van der Waals surface area contributed by atoms with Gasteiger partial charge in [0.2, 0.25) is 0 Å². The smallest absolute Gasteiger partial charge is 0.326 e. The van der Waals surface area contributed by atoms with Crippen LogP contribution in [-0.4, -0.2) is 65.9 Å². The first kappa shape index (κ1) is 17.2. The largest absolute Gasteiger partial charge is 0.480 e. The van der Waals surface area contributed by atoms with Crippen molar-refractivity contribution in [3.05, 3.63) is 0 Å². The summed E-state index contributed by atoms with van der Waals surface area (Å²) in [5.74, 6) is -1.78. The Morgan fingerprint density at radius 2 is 1.95 bits per heavy atom. The number of carboxylic acids is 1. The number of aliphatic carboxylic acids is 1. The van der Waals surface area contributed by atoms with E-state index < -0.39 is 30.1 Å². The Morgan fingerprint density at radius 3 is 2.37 bits per heavy atom. The lowest BCUT2D eigenvalue weighted by Gasteiger charge is -2.25. The summed E-state index contributed by atoms with van der Waals surface area (Å²) in [6.45, 7) is 1.38. The van der Waals surface area contributed by atoms with Crippen molar-refractivity contribution in [2.24, 2.45) is 0 Å². The van der Waals surface area contributed by atoms with Crippen molar-refractivity contribution in [3.63, 3.8) is 0 Å². The molecule has 0 radical (unpaired) electrons. The number of aliphatic hydroxyl groups is 1. The number of ether oxygens (including phenoxy) is 1. The fourth-order valence-electron chi connectivity index (χ4n) is 1.20. The van der Waals surface area contributed by atoms with Crippen molar-refractivity contribution in [2.45, 2.75) is 31.8 Å². The van der Waals surface area contributed by atoms with E-state index in [1.54, 1.807) is 6.92 Å². The summed E-state index contributed by atoms with van der Waals surface area (Å²) in [5, 5.41) is 20.1. The Kier molecular flexibility index (Phi) is 7.50. The molecule has 0 aromatic carbocycles. The summed E-state index contributed by atoms with van der Waals surface area (Å²) < 4.78 is 4.40. The van der Waals surface area contributed by atoms with Crippen LogP contribution in [0, 0.1) is 0 Å². The molecule has 0 aromatic heterocycles. The third kappa shape index (κ3) is 6.05. The molecular formula is C11H20N2O6. The van der Waals surface area contributed by atoms with Crippen molar-refractivity contribution in [1.29, 1.82) is 0 Å². The highest BCUT2D eigenvalue weighted by Gasteiger charge is 2.24. The van der Waals surface area contributed by atoms with Gasteiger partial charge in [-0.05, 0) is 13.3 Å². The number of urea groups is 1. The van der Waals surface area contributed by atoms with Crippen LogP contribution in [0.3, 0.4) is 0 Å². The average Bonchev–Trinajstić information content (AvgIpc) is 2.40. The highest BCUT2D eigenvalue weighted by Crippen LogP contribution is 2.02. The number of carbonyl (C=O) groups is 3. The Labute approximate surface area is 111 Å². The minimum Gasteiger partial charge on any atom is -0.480 e. The first-order valence-electron chi connectivity index (χ1n) is 5.77. The van der Waals surface area contributed by atoms with Gasteiger partial charge in [0.25, 0.3) is 0 Å². The average molecular weight is 276 g/mol. The highest BCUT2D eigenvalue weighted by molar-refractivity contribution is 5.83. The summed E-state index contributed by atoms with van der Waals surface area (Å²) in [7, 11) is 2.64. The van der Waals surface area contributed by atoms with Gasteiger partial charge < -0.3 is 25.2 Å². The van der Waals surface area contributed by atoms with Crippen LogP contribution in [-0.2, 0) is 14.3 Å². The number of aliphatic hydroxyl groups excluding tert-OH is 1. The van der Waals surface area contributed by atoms with E-state index >= 15 is 0 Å². The van der Waals surface area contributed by atoms with Crippen LogP contribution in [0.2, 0.25) is 0 Å². The Morgan fingerprint density at radius 1 is 1.37 bits per heavy atom. The van der Waals surface area contributed by atoms with Crippen LogP contribution in [0.4, 0.5) is 4.79 Å². The summed E-state index contributed by atoms with van der Waals surface area (Å²) in [6, 6.07) is -2.24. The molecule has 8 nitrogen and oxygen atoms in total. The fourth-order valence-corrected chi connectivity index (χ4v) is 1.20. The SMILES string of the molecule is COC(=O)CC[C@@H](NC(=O)N(C)C(C)CO)C(=O)O. The zero-order valence-electron chi connectivity index (χ0n) is 11.3. The van der Waals surface area contributed by atoms with Crippen LogP contribution in [0.5, 0.6) is 0 Å². The monoisotopic (exact) mass is 276 g/mol. The summed E-state index contributed by atoms with van der Waals surface area (Å²) >= 11 is 0. The predicted octanol–water partition coefficient (Wildman–Crippen LogP) is -0.585. The Bertz CT molecular complexity index is 333. The van der Waals surface area contributed by atoms with Gasteiger partial charge in [-0.2, -0.15) is 0 Å². The Balaban J connectivity index is 4.46. The third-order valence-electron chi connectivity index (χ3n) is 2.71. The number of amides is 2. The minimum absolute atomic E-state index is 0.0604. The number of methoxy groups -OCH3 is 1. The summed E-state index contributed by atoms with van der Waals surface area (Å²) in [6.07, 6.45) is -0.165. The topological polar surface area (TPSA) is 116 Å². The molecule has 0 heterocycles. The van der Waals surface area contributed by atoms with Gasteiger partial charge in [0.1, 0.15) is 6.04 Å². The zero-order chi connectivity index (χ0) is 15.0. The van der Waals surface area contributed by atoms with E-state index in [0.717, 1.165) is 0 Å². The van der Waals surface area contributed by atoms with E-state index in [9.17, 15) is 14.4 Å². The Hall–Kier alpha value is -1.83. The van der Waals surface area contributed by atoms with Crippen LogP contribution in [0.25, 0.3) is 0 Å². The van der Waals surface area contributed by atoms with Crippen LogP contribution in [0.15, 0.2) is 0 Å². The van der Waals surface area contributed by atoms with Gasteiger partial charge in [0.05, 0.1) is 19.8 Å². The van der Waals surface area contributed by atoms with E-state index in [1.165, 1.54) is 19.1 Å². The van der Waals surface area contributed by atoms with Crippen LogP contribution < -0.4 is 5.32 Å². The van der Waals surface area contributed by atoms with Gasteiger partial charge in [-0.1, -0.05) is 0 Å². The standard InChI is InChI=1S/C11H20N2O6/c1-7(6-14)13(2)11(18)12-8(10(16)17)4-5-9(15)19-3/h7-8,14H,4-6H2,1-3H3,(H,12,18)(H,16,17)/t7?,8-/m1/s1. The fraction of sp³-hybridized carbons (Fsp3) is 0.727. The number of nitrogens with one attached hydrogen (secondary N) is 1. The normalized spacial score (nSPS) is 13.3. The maximum Gasteiger partial charge on any atom is 0.326 e. The number of rotatable bonds is 7. The molecule has 0 aliphatic rings. The van der Waals surface area contributed by atoms with E-state index in [2.05, 4.69) is 10.1 Å². The summed E-state index contributed by atoms with van der Waals surface area (Å²) in [5.41, 5.74) is 0. The van der Waals surface area contributed by atoms with Gasteiger partial charge in [-0.3, -0.25) is 4.79 Å². The van der Waals surface area contributed by atoms with Gasteiger partial charge in [0.15, 0.2) is 0 Å². The molecule has 0 aromatic rings. The molecule has 3 N–H and O–H groups in total. The molecule has 0 aliphatic carbocycles. The number of hydrogen-bond acceptors (Lipinski definition) is 5. The molecule has 110 valence electrons. The first-order chi connectivity index (χ1) is 8.83. The second-order valence-corrected chi connectivity index (χ2v) is 4.10. The highest BCUT2D eigenvalue weighted by atomic mass is 16.5. The molecule has 0 spiro atoms. The molecule has 0 aliphatic heterocycles. The lowest BCUT2D eigenvalue weighted by molar-refractivity contribution is -0.142. The number of nitrogens with zero attached hydrogens (tertiary/aromatic N) is 1. The van der Waals surface area contributed by atoms with E-state index in [-0.39, 0.29) is 19.4 Å². The van der Waals surface area contributed by atoms with Crippen molar-refractivity contribution in [2.75, 3.05) is 20.8 Å². The van der Waals surface area contributed by atoms with Gasteiger partial charge in [0, 0.05) is 13.5 Å². The predicted molar refractivity (Wildman–Crippen MR) is 65.5 cm³/mol. The molecule has 0 fully saturated rings. The molecule has 8 heteroatoms. The summed E-state index contributed by atoms with van der Waals surface area (Å²) in [4.78, 5) is 34.8. The molecule has 0 bridgehead atoms. The van der Waals surface area contributed by atoms with Crippen molar-refractivity contribution < 1.29 is 29.3 Å². The molecular weight excluding hydrogens is 256 g/mol. The van der Waals surface area contributed by atoms with E-state index in [1.807, 2.05) is 0 Å². The van der Waals surface area contributed by atoms with Gasteiger partial charge >= 0.3 is 18.0 Å². The van der Waals surface area contributed by atoms with Crippen molar-refractivity contribution in [3.8, 4) is 0 Å². The number of likely N-dealkylation sites (N-methyl/N-ethyl adjacent to an activating group) is 1. The van der Waals surface area contributed by atoms with Crippen molar-refractivity contribution >= 4 is 18.0 Å². The third-order valence-corrected chi connectivity index (χ3v) is 2.71. The molecule has 19 heavy (non-hydrogen) atoms. The molecule has 1 unspecified atom stereocenters. The molecule has 0 saturated heterocycles. The maximum absolute atomic E-state index is 11.7. The van der Waals surface area contributed by atoms with Gasteiger partial charge in [-0.15, -0.1) is 0 Å². The lowest BCUT2D eigenvalue weighted by Crippen LogP contribution is -2.50. The second-order valence-electron chi connectivity index (χ2n) is 4.10. The number of hydrogen-bond donors (Lipinski definition) is 3. The van der Waals surface area contributed by atoms with Gasteiger partial charge in [-0.25, -0.2) is 9.59 Å². The lowest BCUT2D eigenvalue weighted by atomic mass is 10.1. The van der Waals surface area contributed by atoms with Crippen LogP contribution in [0.1, 0.15) is 19.8 Å². The minimum atomic E-state index is -1.23.